The maximum atomic E-state index is 12.4. The third-order valence-corrected chi connectivity index (χ3v) is 5.02. The molecule has 0 spiro atoms. The first-order valence-corrected chi connectivity index (χ1v) is 9.06. The van der Waals surface area contributed by atoms with Crippen molar-refractivity contribution in [1.82, 2.24) is 20.1 Å². The number of carbonyl (C=O) groups is 2. The Balaban J connectivity index is 1.50. The van der Waals surface area contributed by atoms with E-state index in [-0.39, 0.29) is 29.8 Å². The lowest BCUT2D eigenvalue weighted by molar-refractivity contribution is -0.121. The number of piperidine rings is 1. The average Bonchev–Trinajstić information content (AvgIpc) is 2.62. The molecule has 3 amide bonds. The zero-order valence-electron chi connectivity index (χ0n) is 15.1. The van der Waals surface area contributed by atoms with Crippen LogP contribution in [0.3, 0.4) is 0 Å². The van der Waals surface area contributed by atoms with Gasteiger partial charge >= 0.3 is 6.03 Å². The maximum Gasteiger partial charge on any atom is 0.317 e. The quantitative estimate of drug-likeness (QED) is 0.704. The Morgan fingerprint density at radius 1 is 1.19 bits per heavy atom. The molecule has 1 saturated heterocycles. The Bertz CT molecular complexity index is 717. The molecule has 1 fully saturated rings. The molecule has 0 aliphatic carbocycles. The van der Waals surface area contributed by atoms with Gasteiger partial charge in [-0.2, -0.15) is 0 Å². The molecular formula is C18H26N4O4. The highest BCUT2D eigenvalue weighted by Gasteiger charge is 2.36. The van der Waals surface area contributed by atoms with Crippen molar-refractivity contribution in [2.24, 2.45) is 5.92 Å². The number of fused-ring (bicyclic) bond motifs is 4. The van der Waals surface area contributed by atoms with Gasteiger partial charge in [0, 0.05) is 63.9 Å². The van der Waals surface area contributed by atoms with Crippen LogP contribution in [0.1, 0.15) is 24.5 Å². The third kappa shape index (κ3) is 4.24. The number of pyridine rings is 1. The van der Waals surface area contributed by atoms with Crippen molar-refractivity contribution in [2.45, 2.75) is 25.3 Å². The van der Waals surface area contributed by atoms with E-state index in [1.54, 1.807) is 19.2 Å². The van der Waals surface area contributed by atoms with Gasteiger partial charge in [-0.15, -0.1) is 0 Å². The Morgan fingerprint density at radius 2 is 2.04 bits per heavy atom. The van der Waals surface area contributed by atoms with Gasteiger partial charge in [-0.1, -0.05) is 6.07 Å². The van der Waals surface area contributed by atoms with Crippen LogP contribution in [0.4, 0.5) is 4.79 Å². The first kappa shape index (κ1) is 18.4. The van der Waals surface area contributed by atoms with Gasteiger partial charge in [0.2, 0.25) is 5.91 Å². The van der Waals surface area contributed by atoms with Crippen molar-refractivity contribution in [3.8, 4) is 0 Å². The van der Waals surface area contributed by atoms with Crippen molar-refractivity contribution in [3.63, 3.8) is 0 Å². The minimum Gasteiger partial charge on any atom is -0.383 e. The predicted octanol–water partition coefficient (Wildman–Crippen LogP) is 0.130. The van der Waals surface area contributed by atoms with E-state index in [0.717, 1.165) is 12.1 Å². The number of aromatic nitrogens is 1. The molecule has 2 bridgehead atoms. The SMILES string of the molecule is COCCNC(=O)CCNC(=O)N1C[C@H]2C[C@@H](C1)c1cccc(=O)n1C2. The van der Waals surface area contributed by atoms with Gasteiger partial charge < -0.3 is 24.8 Å². The molecule has 2 atom stereocenters. The summed E-state index contributed by atoms with van der Waals surface area (Å²) in [5, 5.41) is 5.55. The molecule has 0 aromatic carbocycles. The van der Waals surface area contributed by atoms with Gasteiger partial charge in [-0.25, -0.2) is 4.79 Å². The van der Waals surface area contributed by atoms with Gasteiger partial charge in [-0.05, 0) is 18.4 Å². The summed E-state index contributed by atoms with van der Waals surface area (Å²) < 4.78 is 6.72. The van der Waals surface area contributed by atoms with Crippen molar-refractivity contribution < 1.29 is 14.3 Å². The van der Waals surface area contributed by atoms with E-state index in [1.807, 2.05) is 15.5 Å². The van der Waals surface area contributed by atoms with E-state index in [4.69, 9.17) is 4.74 Å². The van der Waals surface area contributed by atoms with E-state index in [9.17, 15) is 14.4 Å². The topological polar surface area (TPSA) is 92.7 Å². The Hall–Kier alpha value is -2.35. The van der Waals surface area contributed by atoms with Crippen molar-refractivity contribution in [1.29, 1.82) is 0 Å². The molecule has 2 aliphatic heterocycles. The molecule has 3 rings (SSSR count). The average molecular weight is 362 g/mol. The van der Waals surface area contributed by atoms with Gasteiger partial charge in [0.05, 0.1) is 6.61 Å². The molecular weight excluding hydrogens is 336 g/mol. The molecule has 0 unspecified atom stereocenters. The summed E-state index contributed by atoms with van der Waals surface area (Å²) in [6, 6.07) is 5.22. The van der Waals surface area contributed by atoms with Crippen LogP contribution in [0.5, 0.6) is 0 Å². The van der Waals surface area contributed by atoms with E-state index in [1.165, 1.54) is 0 Å². The monoisotopic (exact) mass is 362 g/mol. The largest absolute Gasteiger partial charge is 0.383 e. The molecule has 0 saturated carbocycles. The van der Waals surface area contributed by atoms with Crippen LogP contribution < -0.4 is 16.2 Å². The number of likely N-dealkylation sites (tertiary alicyclic amines) is 1. The lowest BCUT2D eigenvalue weighted by Crippen LogP contribution is -2.52. The molecule has 1 aromatic rings. The van der Waals surface area contributed by atoms with Gasteiger partial charge in [0.15, 0.2) is 0 Å². The van der Waals surface area contributed by atoms with Crippen molar-refractivity contribution in [2.75, 3.05) is 39.9 Å². The first-order valence-electron chi connectivity index (χ1n) is 9.06. The van der Waals surface area contributed by atoms with Crippen molar-refractivity contribution in [3.05, 3.63) is 34.2 Å². The second-order valence-electron chi connectivity index (χ2n) is 6.93. The zero-order chi connectivity index (χ0) is 18.5. The van der Waals surface area contributed by atoms with E-state index >= 15 is 0 Å². The molecule has 0 radical (unpaired) electrons. The fraction of sp³-hybridized carbons (Fsp3) is 0.611. The first-order chi connectivity index (χ1) is 12.6. The van der Waals surface area contributed by atoms with Crippen LogP contribution in [-0.4, -0.2) is 61.3 Å². The highest BCUT2D eigenvalue weighted by Crippen LogP contribution is 2.34. The molecule has 1 aromatic heterocycles. The predicted molar refractivity (Wildman–Crippen MR) is 96.0 cm³/mol. The third-order valence-electron chi connectivity index (χ3n) is 5.02. The zero-order valence-corrected chi connectivity index (χ0v) is 15.1. The summed E-state index contributed by atoms with van der Waals surface area (Å²) in [6.07, 6.45) is 1.25. The van der Waals surface area contributed by atoms with Crippen LogP contribution in [0.15, 0.2) is 23.0 Å². The summed E-state index contributed by atoms with van der Waals surface area (Å²) in [6.45, 7) is 3.16. The fourth-order valence-electron chi connectivity index (χ4n) is 3.84. The summed E-state index contributed by atoms with van der Waals surface area (Å²) in [7, 11) is 1.58. The second kappa shape index (κ2) is 8.35. The molecule has 8 heteroatoms. The molecule has 8 nitrogen and oxygen atoms in total. The number of rotatable bonds is 6. The summed E-state index contributed by atoms with van der Waals surface area (Å²) in [4.78, 5) is 37.9. The number of urea groups is 1. The summed E-state index contributed by atoms with van der Waals surface area (Å²) >= 11 is 0. The summed E-state index contributed by atoms with van der Waals surface area (Å²) in [5.41, 5.74) is 1.05. The van der Waals surface area contributed by atoms with E-state index in [0.29, 0.717) is 45.2 Å². The lowest BCUT2D eigenvalue weighted by atomic mass is 9.83. The van der Waals surface area contributed by atoms with Gasteiger partial charge in [-0.3, -0.25) is 9.59 Å². The number of hydrogen-bond donors (Lipinski definition) is 2. The van der Waals surface area contributed by atoms with Crippen LogP contribution >= 0.6 is 0 Å². The number of carbonyl (C=O) groups excluding carboxylic acids is 2. The van der Waals surface area contributed by atoms with Crippen LogP contribution in [0.25, 0.3) is 0 Å². The standard InChI is InChI=1S/C18H26N4O4/c1-26-8-7-19-16(23)5-6-20-18(25)21-10-13-9-14(12-21)15-3-2-4-17(24)22(15)11-13/h2-4,13-14H,5-12H2,1H3,(H,19,23)(H,20,25)/t13-,14+/m1/s1. The van der Waals surface area contributed by atoms with Gasteiger partial charge in [0.25, 0.3) is 5.56 Å². The fourth-order valence-corrected chi connectivity index (χ4v) is 3.84. The van der Waals surface area contributed by atoms with Crippen LogP contribution in [0, 0.1) is 5.92 Å². The smallest absolute Gasteiger partial charge is 0.317 e. The number of methoxy groups -OCH3 is 1. The maximum absolute atomic E-state index is 12.4. The second-order valence-corrected chi connectivity index (χ2v) is 6.93. The number of ether oxygens (including phenoxy) is 1. The molecule has 2 N–H and O–H groups in total. The van der Waals surface area contributed by atoms with Crippen LogP contribution in [-0.2, 0) is 16.1 Å². The molecule has 26 heavy (non-hydrogen) atoms. The Morgan fingerprint density at radius 3 is 2.85 bits per heavy atom. The van der Waals surface area contributed by atoms with Gasteiger partial charge in [0.1, 0.15) is 0 Å². The number of nitrogens with zero attached hydrogens (tertiary/aromatic N) is 2. The number of amides is 3. The minimum absolute atomic E-state index is 0.0367. The summed E-state index contributed by atoms with van der Waals surface area (Å²) in [5.74, 6) is 0.384. The van der Waals surface area contributed by atoms with E-state index in [2.05, 4.69) is 10.6 Å². The van der Waals surface area contributed by atoms with Crippen LogP contribution in [0.2, 0.25) is 0 Å². The highest BCUT2D eigenvalue weighted by molar-refractivity contribution is 5.78. The Labute approximate surface area is 152 Å². The normalized spacial score (nSPS) is 21.0. The molecule has 3 heterocycles. The molecule has 142 valence electrons. The van der Waals surface area contributed by atoms with E-state index < -0.39 is 0 Å². The highest BCUT2D eigenvalue weighted by atomic mass is 16.5. The minimum atomic E-state index is -0.142. The Kier molecular flexibility index (Phi) is 5.92. The molecule has 2 aliphatic rings. The number of nitrogens with one attached hydrogen (secondary N) is 2. The number of hydrogen-bond acceptors (Lipinski definition) is 4. The lowest BCUT2D eigenvalue weighted by Gasteiger charge is -2.42. The van der Waals surface area contributed by atoms with Crippen molar-refractivity contribution >= 4 is 11.9 Å².